The molecule has 0 saturated carbocycles. The molecule has 3 heteroatoms. The molecule has 0 bridgehead atoms. The number of carbonyl (C=O) groups excluding carboxylic acids is 1. The molecular weight excluding hydrogens is 242 g/mol. The van der Waals surface area contributed by atoms with Crippen LogP contribution in [0.1, 0.15) is 15.4 Å². The van der Waals surface area contributed by atoms with Crippen molar-refractivity contribution in [1.29, 1.82) is 0 Å². The minimum absolute atomic E-state index is 0.175. The van der Waals surface area contributed by atoms with Crippen molar-refractivity contribution in [3.05, 3.63) is 58.4 Å². The van der Waals surface area contributed by atoms with Gasteiger partial charge in [-0.25, -0.2) is 0 Å². The van der Waals surface area contributed by atoms with E-state index in [1.807, 2.05) is 36.6 Å². The number of benzene rings is 1. The molecule has 0 aliphatic rings. The standard InChI is InChI=1S/C15H13NOS/c1-11-9-12-5-2-3-6-13(12)16(11)10-14(17)15-7-4-8-18-15/h2-9H,10H2,1H3. The maximum atomic E-state index is 12.2. The SMILES string of the molecule is Cc1cc2ccccc2n1CC(=O)c1cccs1. The molecule has 3 aromatic rings. The summed E-state index contributed by atoms with van der Waals surface area (Å²) in [5.41, 5.74) is 2.25. The van der Waals surface area contributed by atoms with Gasteiger partial charge in [-0.2, -0.15) is 0 Å². The van der Waals surface area contributed by atoms with Crippen molar-refractivity contribution in [2.24, 2.45) is 0 Å². The summed E-state index contributed by atoms with van der Waals surface area (Å²) in [6, 6.07) is 14.1. The normalized spacial score (nSPS) is 10.9. The molecule has 1 aromatic carbocycles. The van der Waals surface area contributed by atoms with Crippen molar-refractivity contribution in [2.45, 2.75) is 13.5 Å². The summed E-state index contributed by atoms with van der Waals surface area (Å²) in [5.74, 6) is 0.175. The highest BCUT2D eigenvalue weighted by atomic mass is 32.1. The van der Waals surface area contributed by atoms with Gasteiger partial charge in [0.25, 0.3) is 0 Å². The summed E-state index contributed by atoms with van der Waals surface area (Å²) >= 11 is 1.50. The lowest BCUT2D eigenvalue weighted by molar-refractivity contribution is 0.0977. The first kappa shape index (κ1) is 11.2. The topological polar surface area (TPSA) is 22.0 Å². The Morgan fingerprint density at radius 2 is 2.06 bits per heavy atom. The number of aryl methyl sites for hydroxylation is 1. The van der Waals surface area contributed by atoms with Crippen molar-refractivity contribution in [2.75, 3.05) is 0 Å². The number of hydrogen-bond acceptors (Lipinski definition) is 2. The Morgan fingerprint density at radius 1 is 1.22 bits per heavy atom. The van der Waals surface area contributed by atoms with Gasteiger partial charge >= 0.3 is 0 Å². The van der Waals surface area contributed by atoms with Gasteiger partial charge in [-0.15, -0.1) is 11.3 Å². The van der Waals surface area contributed by atoms with E-state index in [2.05, 4.69) is 22.8 Å². The molecule has 0 spiro atoms. The third-order valence-corrected chi connectivity index (χ3v) is 4.03. The second-order valence-corrected chi connectivity index (χ2v) is 5.28. The van der Waals surface area contributed by atoms with Gasteiger partial charge in [0.15, 0.2) is 5.78 Å². The van der Waals surface area contributed by atoms with Gasteiger partial charge in [0, 0.05) is 11.2 Å². The Hall–Kier alpha value is -1.87. The first-order valence-corrected chi connectivity index (χ1v) is 6.75. The van der Waals surface area contributed by atoms with Crippen molar-refractivity contribution in [1.82, 2.24) is 4.57 Å². The maximum absolute atomic E-state index is 12.2. The highest BCUT2D eigenvalue weighted by molar-refractivity contribution is 7.12. The average Bonchev–Trinajstić information content (AvgIpc) is 2.98. The van der Waals surface area contributed by atoms with Crippen LogP contribution in [0.15, 0.2) is 47.8 Å². The smallest absolute Gasteiger partial charge is 0.192 e. The molecule has 0 N–H and O–H groups in total. The van der Waals surface area contributed by atoms with Crippen LogP contribution >= 0.6 is 11.3 Å². The van der Waals surface area contributed by atoms with Crippen LogP contribution in [0, 0.1) is 6.92 Å². The quantitative estimate of drug-likeness (QED) is 0.651. The molecule has 90 valence electrons. The maximum Gasteiger partial charge on any atom is 0.192 e. The monoisotopic (exact) mass is 255 g/mol. The van der Waals surface area contributed by atoms with E-state index in [1.54, 1.807) is 0 Å². The van der Waals surface area contributed by atoms with Gasteiger partial charge < -0.3 is 4.57 Å². The summed E-state index contributed by atoms with van der Waals surface area (Å²) in [7, 11) is 0. The van der Waals surface area contributed by atoms with Gasteiger partial charge in [-0.1, -0.05) is 24.3 Å². The molecule has 18 heavy (non-hydrogen) atoms. The molecule has 0 radical (unpaired) electrons. The van der Waals surface area contributed by atoms with Crippen LogP contribution < -0.4 is 0 Å². The second-order valence-electron chi connectivity index (χ2n) is 4.33. The van der Waals surface area contributed by atoms with Crippen molar-refractivity contribution < 1.29 is 4.79 Å². The minimum Gasteiger partial charge on any atom is -0.337 e. The Kier molecular flexibility index (Phi) is 2.76. The second kappa shape index (κ2) is 4.42. The number of ketones is 1. The summed E-state index contributed by atoms with van der Waals surface area (Å²) in [6.45, 7) is 2.46. The van der Waals surface area contributed by atoms with Crippen LogP contribution in [0.5, 0.6) is 0 Å². The van der Waals surface area contributed by atoms with E-state index in [1.165, 1.54) is 16.7 Å². The zero-order valence-electron chi connectivity index (χ0n) is 10.1. The van der Waals surface area contributed by atoms with Crippen LogP contribution in [-0.4, -0.2) is 10.4 Å². The predicted octanol–water partition coefficient (Wildman–Crippen LogP) is 3.89. The van der Waals surface area contributed by atoms with E-state index < -0.39 is 0 Å². The molecule has 3 rings (SSSR count). The fourth-order valence-corrected chi connectivity index (χ4v) is 2.87. The van der Waals surface area contributed by atoms with E-state index in [0.29, 0.717) is 6.54 Å². The Labute approximate surface area is 109 Å². The van der Waals surface area contributed by atoms with E-state index in [4.69, 9.17) is 0 Å². The lowest BCUT2D eigenvalue weighted by Crippen LogP contribution is -2.10. The number of thiophene rings is 1. The summed E-state index contributed by atoms with van der Waals surface area (Å²) in [5, 5.41) is 3.13. The fraction of sp³-hybridized carbons (Fsp3) is 0.133. The van der Waals surface area contributed by atoms with E-state index in [0.717, 1.165) is 16.1 Å². The van der Waals surface area contributed by atoms with Crippen molar-refractivity contribution in [3.8, 4) is 0 Å². The Bertz CT molecular complexity index is 694. The Morgan fingerprint density at radius 3 is 2.83 bits per heavy atom. The number of aromatic nitrogens is 1. The molecule has 2 aromatic heterocycles. The third kappa shape index (κ3) is 1.87. The van der Waals surface area contributed by atoms with E-state index >= 15 is 0 Å². The third-order valence-electron chi connectivity index (χ3n) is 3.12. The van der Waals surface area contributed by atoms with Gasteiger partial charge in [-0.3, -0.25) is 4.79 Å². The van der Waals surface area contributed by atoms with Crippen LogP contribution in [0.25, 0.3) is 10.9 Å². The van der Waals surface area contributed by atoms with Crippen molar-refractivity contribution in [3.63, 3.8) is 0 Å². The molecule has 0 saturated heterocycles. The zero-order valence-corrected chi connectivity index (χ0v) is 10.9. The number of rotatable bonds is 3. The number of para-hydroxylation sites is 1. The van der Waals surface area contributed by atoms with Gasteiger partial charge in [0.2, 0.25) is 0 Å². The lowest BCUT2D eigenvalue weighted by Gasteiger charge is -2.06. The summed E-state index contributed by atoms with van der Waals surface area (Å²) in [4.78, 5) is 13.0. The molecule has 0 atom stereocenters. The summed E-state index contributed by atoms with van der Waals surface area (Å²) < 4.78 is 2.08. The number of carbonyl (C=O) groups is 1. The number of fused-ring (bicyclic) bond motifs is 1. The highest BCUT2D eigenvalue weighted by Crippen LogP contribution is 2.20. The van der Waals surface area contributed by atoms with Crippen LogP contribution in [-0.2, 0) is 6.54 Å². The molecule has 0 amide bonds. The summed E-state index contributed by atoms with van der Waals surface area (Å²) in [6.07, 6.45) is 0. The molecular formula is C15H13NOS. The van der Waals surface area contributed by atoms with Gasteiger partial charge in [0.1, 0.15) is 0 Å². The van der Waals surface area contributed by atoms with Crippen LogP contribution in [0.3, 0.4) is 0 Å². The predicted molar refractivity (Wildman–Crippen MR) is 75.3 cm³/mol. The number of Topliss-reactive ketones (excluding diaryl/α,β-unsaturated/α-hetero) is 1. The zero-order chi connectivity index (χ0) is 12.5. The van der Waals surface area contributed by atoms with Gasteiger partial charge in [0.05, 0.1) is 11.4 Å². The average molecular weight is 255 g/mol. The molecule has 0 unspecified atom stereocenters. The highest BCUT2D eigenvalue weighted by Gasteiger charge is 2.11. The lowest BCUT2D eigenvalue weighted by atomic mass is 10.2. The Balaban J connectivity index is 2.00. The molecule has 0 aliphatic carbocycles. The first-order valence-electron chi connectivity index (χ1n) is 5.87. The van der Waals surface area contributed by atoms with Crippen LogP contribution in [0.4, 0.5) is 0 Å². The number of nitrogens with zero attached hydrogens (tertiary/aromatic N) is 1. The van der Waals surface area contributed by atoms with Crippen LogP contribution in [0.2, 0.25) is 0 Å². The van der Waals surface area contributed by atoms with E-state index in [-0.39, 0.29) is 5.78 Å². The molecule has 2 heterocycles. The minimum atomic E-state index is 0.175. The largest absolute Gasteiger partial charge is 0.337 e. The van der Waals surface area contributed by atoms with E-state index in [9.17, 15) is 4.79 Å². The first-order chi connectivity index (χ1) is 8.75. The number of hydrogen-bond donors (Lipinski definition) is 0. The van der Waals surface area contributed by atoms with Crippen molar-refractivity contribution >= 4 is 28.0 Å². The fourth-order valence-electron chi connectivity index (χ4n) is 2.22. The molecule has 2 nitrogen and oxygen atoms in total. The molecule has 0 aliphatic heterocycles. The molecule has 0 fully saturated rings. The van der Waals surface area contributed by atoms with Gasteiger partial charge in [-0.05, 0) is 35.9 Å².